The molecule has 0 unspecified atom stereocenters. The summed E-state index contributed by atoms with van der Waals surface area (Å²) in [4.78, 5) is 19.3. The van der Waals surface area contributed by atoms with Gasteiger partial charge in [0.05, 0.1) is 14.2 Å². The predicted octanol–water partition coefficient (Wildman–Crippen LogP) is 3.73. The molecular weight excluding hydrogens is 358 g/mol. The van der Waals surface area contributed by atoms with Gasteiger partial charge in [-0.2, -0.15) is 4.98 Å². The Balaban J connectivity index is 1.56. The molecule has 1 aliphatic heterocycles. The minimum Gasteiger partial charge on any atom is -0.497 e. The van der Waals surface area contributed by atoms with E-state index in [0.717, 1.165) is 24.2 Å². The molecule has 2 aromatic carbocycles. The molecule has 144 valence electrons. The SMILES string of the molecule is COc1ccc(-c2noc([C@@H]3CCCN3C(=O)c3cccc(OC)c3)n2)cc1. The summed E-state index contributed by atoms with van der Waals surface area (Å²) in [5.41, 5.74) is 1.42. The number of aromatic nitrogens is 2. The van der Waals surface area contributed by atoms with E-state index in [2.05, 4.69) is 10.1 Å². The van der Waals surface area contributed by atoms with Gasteiger partial charge in [0.2, 0.25) is 11.7 Å². The van der Waals surface area contributed by atoms with Gasteiger partial charge in [-0.05, 0) is 55.3 Å². The number of carbonyl (C=O) groups is 1. The molecule has 0 spiro atoms. The van der Waals surface area contributed by atoms with Gasteiger partial charge in [-0.25, -0.2) is 0 Å². The third-order valence-corrected chi connectivity index (χ3v) is 4.91. The molecular formula is C21H21N3O4. The second-order valence-electron chi connectivity index (χ2n) is 6.57. The molecule has 1 saturated heterocycles. The summed E-state index contributed by atoms with van der Waals surface area (Å²) in [7, 11) is 3.21. The van der Waals surface area contributed by atoms with Crippen LogP contribution in [0.25, 0.3) is 11.4 Å². The molecule has 3 aromatic rings. The Morgan fingerprint density at radius 3 is 2.64 bits per heavy atom. The van der Waals surface area contributed by atoms with Crippen molar-refractivity contribution >= 4 is 5.91 Å². The molecule has 0 saturated carbocycles. The minimum absolute atomic E-state index is 0.0643. The number of carbonyl (C=O) groups excluding carboxylic acids is 1. The number of nitrogens with zero attached hydrogens (tertiary/aromatic N) is 3. The molecule has 7 heteroatoms. The topological polar surface area (TPSA) is 77.7 Å². The monoisotopic (exact) mass is 379 g/mol. The minimum atomic E-state index is -0.224. The van der Waals surface area contributed by atoms with Crippen molar-refractivity contribution in [1.82, 2.24) is 15.0 Å². The highest BCUT2D eigenvalue weighted by atomic mass is 16.5. The Morgan fingerprint density at radius 1 is 1.11 bits per heavy atom. The van der Waals surface area contributed by atoms with E-state index in [1.807, 2.05) is 36.4 Å². The smallest absolute Gasteiger partial charge is 0.254 e. The molecule has 1 aliphatic rings. The molecule has 0 N–H and O–H groups in total. The fraction of sp³-hybridized carbons (Fsp3) is 0.286. The summed E-state index contributed by atoms with van der Waals surface area (Å²) in [6, 6.07) is 14.4. The number of hydrogen-bond acceptors (Lipinski definition) is 6. The largest absolute Gasteiger partial charge is 0.497 e. The summed E-state index contributed by atoms with van der Waals surface area (Å²) in [5.74, 6) is 2.31. The van der Waals surface area contributed by atoms with Crippen LogP contribution in [-0.2, 0) is 0 Å². The zero-order valence-electron chi connectivity index (χ0n) is 15.8. The van der Waals surface area contributed by atoms with E-state index >= 15 is 0 Å². The molecule has 1 aromatic heterocycles. The predicted molar refractivity (Wildman–Crippen MR) is 102 cm³/mol. The molecule has 28 heavy (non-hydrogen) atoms. The average Bonchev–Trinajstić information content (AvgIpc) is 3.43. The van der Waals surface area contributed by atoms with E-state index in [0.29, 0.717) is 29.6 Å². The second-order valence-corrected chi connectivity index (χ2v) is 6.57. The molecule has 0 bridgehead atoms. The normalized spacial score (nSPS) is 16.2. The lowest BCUT2D eigenvalue weighted by molar-refractivity contribution is 0.0709. The van der Waals surface area contributed by atoms with E-state index in [4.69, 9.17) is 14.0 Å². The first-order valence-corrected chi connectivity index (χ1v) is 9.12. The summed E-state index contributed by atoms with van der Waals surface area (Å²) < 4.78 is 15.9. The average molecular weight is 379 g/mol. The number of amides is 1. The Kier molecular flexibility index (Phi) is 4.97. The van der Waals surface area contributed by atoms with Crippen LogP contribution in [0.4, 0.5) is 0 Å². The van der Waals surface area contributed by atoms with Crippen molar-refractivity contribution in [2.45, 2.75) is 18.9 Å². The first-order chi connectivity index (χ1) is 13.7. The third kappa shape index (κ3) is 3.43. The Labute approximate surface area is 162 Å². The zero-order valence-corrected chi connectivity index (χ0v) is 15.8. The lowest BCUT2D eigenvalue weighted by Crippen LogP contribution is -2.30. The van der Waals surface area contributed by atoms with Crippen LogP contribution >= 0.6 is 0 Å². The van der Waals surface area contributed by atoms with Crippen LogP contribution in [0, 0.1) is 0 Å². The van der Waals surface area contributed by atoms with Crippen LogP contribution < -0.4 is 9.47 Å². The van der Waals surface area contributed by atoms with E-state index in [1.165, 1.54) is 0 Å². The highest BCUT2D eigenvalue weighted by Crippen LogP contribution is 2.33. The summed E-state index contributed by atoms with van der Waals surface area (Å²) >= 11 is 0. The first-order valence-electron chi connectivity index (χ1n) is 9.12. The molecule has 0 radical (unpaired) electrons. The van der Waals surface area contributed by atoms with Crippen LogP contribution in [0.15, 0.2) is 53.1 Å². The number of rotatable bonds is 5. The molecule has 4 rings (SSSR count). The van der Waals surface area contributed by atoms with Crippen molar-refractivity contribution in [2.24, 2.45) is 0 Å². The second kappa shape index (κ2) is 7.72. The van der Waals surface area contributed by atoms with Gasteiger partial charge in [0.15, 0.2) is 0 Å². The van der Waals surface area contributed by atoms with Gasteiger partial charge in [-0.1, -0.05) is 11.2 Å². The maximum absolute atomic E-state index is 13.0. The fourth-order valence-electron chi connectivity index (χ4n) is 3.42. The van der Waals surface area contributed by atoms with Crippen LogP contribution in [0.2, 0.25) is 0 Å². The third-order valence-electron chi connectivity index (χ3n) is 4.91. The highest BCUT2D eigenvalue weighted by Gasteiger charge is 2.34. The van der Waals surface area contributed by atoms with Crippen LogP contribution in [0.1, 0.15) is 35.1 Å². The number of hydrogen-bond donors (Lipinski definition) is 0. The van der Waals surface area contributed by atoms with Crippen molar-refractivity contribution < 1.29 is 18.8 Å². The summed E-state index contributed by atoms with van der Waals surface area (Å²) in [6.45, 7) is 0.654. The van der Waals surface area contributed by atoms with Gasteiger partial charge in [0.25, 0.3) is 5.91 Å². The van der Waals surface area contributed by atoms with Crippen molar-refractivity contribution in [3.63, 3.8) is 0 Å². The van der Waals surface area contributed by atoms with Crippen molar-refractivity contribution in [3.05, 3.63) is 60.0 Å². The Morgan fingerprint density at radius 2 is 1.89 bits per heavy atom. The quantitative estimate of drug-likeness (QED) is 0.672. The highest BCUT2D eigenvalue weighted by molar-refractivity contribution is 5.95. The maximum atomic E-state index is 13.0. The van der Waals surface area contributed by atoms with Crippen LogP contribution in [0.3, 0.4) is 0 Å². The van der Waals surface area contributed by atoms with Crippen LogP contribution in [-0.4, -0.2) is 41.7 Å². The van der Waals surface area contributed by atoms with E-state index in [9.17, 15) is 4.79 Å². The van der Waals surface area contributed by atoms with Gasteiger partial charge in [0, 0.05) is 17.7 Å². The molecule has 1 atom stereocenters. The van der Waals surface area contributed by atoms with Crippen LogP contribution in [0.5, 0.6) is 11.5 Å². The number of likely N-dealkylation sites (tertiary alicyclic amines) is 1. The first kappa shape index (κ1) is 18.0. The van der Waals surface area contributed by atoms with Crippen molar-refractivity contribution in [1.29, 1.82) is 0 Å². The van der Waals surface area contributed by atoms with Gasteiger partial charge in [-0.3, -0.25) is 4.79 Å². The van der Waals surface area contributed by atoms with Gasteiger partial charge in [0.1, 0.15) is 17.5 Å². The Hall–Kier alpha value is -3.35. The zero-order chi connectivity index (χ0) is 19.5. The standard InChI is InChI=1S/C21H21N3O4/c1-26-16-10-8-14(9-11-16)19-22-20(28-23-19)18-7-4-12-24(18)21(25)15-5-3-6-17(13-15)27-2/h3,5-6,8-11,13,18H,4,7,12H2,1-2H3/t18-/m0/s1. The van der Waals surface area contributed by atoms with E-state index in [1.54, 1.807) is 31.3 Å². The van der Waals surface area contributed by atoms with Gasteiger partial charge >= 0.3 is 0 Å². The summed E-state index contributed by atoms with van der Waals surface area (Å²) in [5, 5.41) is 4.10. The molecule has 1 fully saturated rings. The maximum Gasteiger partial charge on any atom is 0.254 e. The lowest BCUT2D eigenvalue weighted by atomic mass is 10.1. The molecule has 2 heterocycles. The lowest BCUT2D eigenvalue weighted by Gasteiger charge is -2.22. The molecule has 0 aliphatic carbocycles. The van der Waals surface area contributed by atoms with E-state index < -0.39 is 0 Å². The number of ether oxygens (including phenoxy) is 2. The molecule has 7 nitrogen and oxygen atoms in total. The van der Waals surface area contributed by atoms with Gasteiger partial charge < -0.3 is 18.9 Å². The van der Waals surface area contributed by atoms with Gasteiger partial charge in [-0.15, -0.1) is 0 Å². The van der Waals surface area contributed by atoms with Crippen molar-refractivity contribution in [3.8, 4) is 22.9 Å². The van der Waals surface area contributed by atoms with E-state index in [-0.39, 0.29) is 11.9 Å². The Bertz CT molecular complexity index is 968. The van der Waals surface area contributed by atoms with Crippen molar-refractivity contribution in [2.75, 3.05) is 20.8 Å². The fourth-order valence-corrected chi connectivity index (χ4v) is 3.42. The molecule has 1 amide bonds. The number of methoxy groups -OCH3 is 2. The summed E-state index contributed by atoms with van der Waals surface area (Å²) in [6.07, 6.45) is 1.68. The number of benzene rings is 2.